The third kappa shape index (κ3) is 76.1. The quantitative estimate of drug-likeness (QED) is 0.0169. The SMILES string of the molecule is CCCCCC/C=C\C=C/CCCCCCCC(=O)OC[C@H](COP(=O)(O)OC[C@@H](O)COP(=O)(O)OC[C@@H](COC(=O)CCCCCCCCCCCCC)OC(=O)CCCCCCCCCCCCCCC(C)C)OC(=O)CCCCCCCCCCCCCCCCCCCCC(C)CC. The molecule has 19 heteroatoms. The lowest BCUT2D eigenvalue weighted by atomic mass is 9.99. The molecule has 0 saturated carbocycles. The fourth-order valence-electron chi connectivity index (χ4n) is 12.5. The Morgan fingerprint density at radius 2 is 0.573 bits per heavy atom. The number of phosphoric acid groups is 2. The molecule has 0 rings (SSSR count). The summed E-state index contributed by atoms with van der Waals surface area (Å²) >= 11 is 0. The molecule has 6 atom stereocenters. The van der Waals surface area contributed by atoms with Gasteiger partial charge >= 0.3 is 39.5 Å². The molecule has 0 aliphatic carbocycles. The van der Waals surface area contributed by atoms with Gasteiger partial charge in [0.2, 0.25) is 0 Å². The van der Waals surface area contributed by atoms with Crippen LogP contribution in [0, 0.1) is 11.8 Å². The van der Waals surface area contributed by atoms with E-state index < -0.39 is 97.5 Å². The van der Waals surface area contributed by atoms with Gasteiger partial charge in [0.1, 0.15) is 19.3 Å². The molecule has 17 nitrogen and oxygen atoms in total. The zero-order valence-electron chi connectivity index (χ0n) is 67.1. The first-order valence-corrected chi connectivity index (χ1v) is 45.8. The summed E-state index contributed by atoms with van der Waals surface area (Å²) in [5.41, 5.74) is 0. The van der Waals surface area contributed by atoms with E-state index in [2.05, 4.69) is 65.8 Å². The lowest BCUT2D eigenvalue weighted by Crippen LogP contribution is -2.30. The number of hydrogen-bond acceptors (Lipinski definition) is 15. The van der Waals surface area contributed by atoms with Gasteiger partial charge in [-0.25, -0.2) is 9.13 Å². The molecule has 0 bridgehead atoms. The first kappa shape index (κ1) is 101. The predicted octanol–water partition coefficient (Wildman–Crippen LogP) is 25.0. The Morgan fingerprint density at radius 1 is 0.320 bits per heavy atom. The second-order valence-electron chi connectivity index (χ2n) is 30.3. The lowest BCUT2D eigenvalue weighted by Gasteiger charge is -2.21. The largest absolute Gasteiger partial charge is 0.472 e. The van der Waals surface area contributed by atoms with Crippen molar-refractivity contribution >= 4 is 39.5 Å². The minimum absolute atomic E-state index is 0.102. The van der Waals surface area contributed by atoms with Gasteiger partial charge in [-0.05, 0) is 63.2 Å². The monoisotopic (exact) mass is 1500 g/mol. The van der Waals surface area contributed by atoms with Gasteiger partial charge in [0.15, 0.2) is 12.2 Å². The minimum atomic E-state index is -4.97. The Labute approximate surface area is 631 Å². The fraction of sp³-hybridized carbons (Fsp3) is 0.905. The van der Waals surface area contributed by atoms with Crippen LogP contribution < -0.4 is 0 Å². The lowest BCUT2D eigenvalue weighted by molar-refractivity contribution is -0.161. The Hall–Kier alpha value is -2.46. The van der Waals surface area contributed by atoms with Gasteiger partial charge in [0.05, 0.1) is 26.4 Å². The molecule has 0 fully saturated rings. The van der Waals surface area contributed by atoms with E-state index in [9.17, 15) is 43.2 Å². The number of rotatable bonds is 81. The van der Waals surface area contributed by atoms with Crippen LogP contribution in [0.15, 0.2) is 24.3 Å². The molecule has 0 aliphatic rings. The van der Waals surface area contributed by atoms with Crippen molar-refractivity contribution in [3.8, 4) is 0 Å². The first-order chi connectivity index (χ1) is 49.9. The van der Waals surface area contributed by atoms with Crippen LogP contribution in [-0.2, 0) is 65.4 Å². The number of carbonyl (C=O) groups is 4. The molecule has 0 aromatic rings. The van der Waals surface area contributed by atoms with E-state index in [1.165, 1.54) is 218 Å². The summed E-state index contributed by atoms with van der Waals surface area (Å²) in [6, 6.07) is 0. The summed E-state index contributed by atoms with van der Waals surface area (Å²) < 4.78 is 68.8. The number of aliphatic hydroxyl groups is 1. The minimum Gasteiger partial charge on any atom is -0.462 e. The average molecular weight is 1500 g/mol. The predicted molar refractivity (Wildman–Crippen MR) is 423 cm³/mol. The van der Waals surface area contributed by atoms with E-state index in [0.717, 1.165) is 121 Å². The van der Waals surface area contributed by atoms with E-state index in [0.29, 0.717) is 25.7 Å². The summed E-state index contributed by atoms with van der Waals surface area (Å²) in [6.45, 7) is 9.66. The second-order valence-corrected chi connectivity index (χ2v) is 33.2. The van der Waals surface area contributed by atoms with Crippen LogP contribution in [0.1, 0.15) is 420 Å². The molecule has 0 aromatic heterocycles. The van der Waals surface area contributed by atoms with Crippen LogP contribution in [0.4, 0.5) is 0 Å². The van der Waals surface area contributed by atoms with Crippen LogP contribution in [0.5, 0.6) is 0 Å². The molecule has 3 unspecified atom stereocenters. The summed E-state index contributed by atoms with van der Waals surface area (Å²) in [7, 11) is -9.93. The Kier molecular flexibility index (Phi) is 73.2. The summed E-state index contributed by atoms with van der Waals surface area (Å²) in [4.78, 5) is 73.1. The molecular weight excluding hydrogens is 1340 g/mol. The third-order valence-electron chi connectivity index (χ3n) is 19.4. The van der Waals surface area contributed by atoms with E-state index in [1.807, 2.05) is 0 Å². The maximum absolute atomic E-state index is 13.1. The highest BCUT2D eigenvalue weighted by molar-refractivity contribution is 7.47. The maximum atomic E-state index is 13.1. The summed E-state index contributed by atoms with van der Waals surface area (Å²) in [5, 5.41) is 10.7. The number of unbranched alkanes of at least 4 members (excludes halogenated alkanes) is 47. The van der Waals surface area contributed by atoms with E-state index >= 15 is 0 Å². The molecule has 608 valence electrons. The fourth-order valence-corrected chi connectivity index (χ4v) is 14.1. The van der Waals surface area contributed by atoms with Crippen molar-refractivity contribution in [1.29, 1.82) is 0 Å². The summed E-state index contributed by atoms with van der Waals surface area (Å²) in [6.07, 6.45) is 68.7. The smallest absolute Gasteiger partial charge is 0.462 e. The maximum Gasteiger partial charge on any atom is 0.472 e. The molecule has 0 spiro atoms. The molecule has 0 aromatic carbocycles. The number of phosphoric ester groups is 2. The number of allylic oxidation sites excluding steroid dienone is 4. The van der Waals surface area contributed by atoms with Gasteiger partial charge in [-0.15, -0.1) is 0 Å². The zero-order chi connectivity index (χ0) is 75.6. The van der Waals surface area contributed by atoms with Gasteiger partial charge in [0.25, 0.3) is 0 Å². The Bertz CT molecular complexity index is 2070. The van der Waals surface area contributed by atoms with Crippen molar-refractivity contribution in [1.82, 2.24) is 0 Å². The van der Waals surface area contributed by atoms with Crippen LogP contribution in [0.25, 0.3) is 0 Å². The molecule has 0 radical (unpaired) electrons. The topological polar surface area (TPSA) is 237 Å². The van der Waals surface area contributed by atoms with Crippen LogP contribution >= 0.6 is 15.6 Å². The van der Waals surface area contributed by atoms with Gasteiger partial charge in [-0.3, -0.25) is 37.3 Å². The molecule has 0 aliphatic heterocycles. The van der Waals surface area contributed by atoms with Crippen molar-refractivity contribution in [2.24, 2.45) is 11.8 Å². The normalized spacial score (nSPS) is 14.3. The molecule has 0 heterocycles. The third-order valence-corrected chi connectivity index (χ3v) is 21.3. The Balaban J connectivity index is 5.26. The molecule has 3 N–H and O–H groups in total. The highest BCUT2D eigenvalue weighted by Crippen LogP contribution is 2.45. The highest BCUT2D eigenvalue weighted by atomic mass is 31.2. The van der Waals surface area contributed by atoms with Crippen molar-refractivity contribution < 1.29 is 80.2 Å². The molecule has 0 saturated heterocycles. The number of carbonyl (C=O) groups excluding carboxylic acids is 4. The molecule has 0 amide bonds. The molecule has 103 heavy (non-hydrogen) atoms. The number of ether oxygens (including phenoxy) is 4. The van der Waals surface area contributed by atoms with Gasteiger partial charge in [-0.2, -0.15) is 0 Å². The van der Waals surface area contributed by atoms with E-state index in [4.69, 9.17) is 37.0 Å². The summed E-state index contributed by atoms with van der Waals surface area (Å²) in [5.74, 6) is -0.490. The van der Waals surface area contributed by atoms with Crippen LogP contribution in [0.2, 0.25) is 0 Å². The number of hydrogen-bond donors (Lipinski definition) is 3. The van der Waals surface area contributed by atoms with E-state index in [1.54, 1.807) is 0 Å². The number of aliphatic hydroxyl groups excluding tert-OH is 1. The van der Waals surface area contributed by atoms with E-state index in [-0.39, 0.29) is 25.7 Å². The van der Waals surface area contributed by atoms with Gasteiger partial charge < -0.3 is 33.8 Å². The second kappa shape index (κ2) is 75.0. The van der Waals surface area contributed by atoms with Gasteiger partial charge in [-0.1, -0.05) is 368 Å². The highest BCUT2D eigenvalue weighted by Gasteiger charge is 2.30. The first-order valence-electron chi connectivity index (χ1n) is 42.8. The van der Waals surface area contributed by atoms with Crippen LogP contribution in [0.3, 0.4) is 0 Å². The standard InChI is InChI=1S/C84H160O17P2/c1-7-10-12-14-16-18-20-21-26-30-37-43-49-55-61-67-82(87)95-73-80(100-83(88)68-62-56-50-44-38-31-28-25-23-22-24-27-29-36-41-47-53-59-65-77(6)9-3)75-99-103(92,93)97-71-78(85)70-96-102(90,91)98-74-79(72-94-81(86)66-60-54-48-42-34-19-17-15-13-11-8-2)101-84(89)69-63-57-51-45-39-33-32-35-40-46-52-58-64-76(4)5/h18,20-21,26,76-80,85H,7-17,19,22-25,27-75H2,1-6H3,(H,90,91)(H,92,93)/b20-18-,26-21-/t77?,78-,79+,80+/m0/s1. The average Bonchev–Trinajstić information content (AvgIpc) is 0.907. The molecular formula is C84H160O17P2. The Morgan fingerprint density at radius 3 is 0.874 bits per heavy atom. The van der Waals surface area contributed by atoms with Crippen LogP contribution in [-0.4, -0.2) is 96.7 Å². The van der Waals surface area contributed by atoms with Crippen molar-refractivity contribution in [2.75, 3.05) is 39.6 Å². The number of esters is 4. The van der Waals surface area contributed by atoms with Crippen molar-refractivity contribution in [2.45, 2.75) is 439 Å². The van der Waals surface area contributed by atoms with Gasteiger partial charge in [0, 0.05) is 25.7 Å². The zero-order valence-corrected chi connectivity index (χ0v) is 68.9. The van der Waals surface area contributed by atoms with Crippen molar-refractivity contribution in [3.05, 3.63) is 24.3 Å². The van der Waals surface area contributed by atoms with Crippen molar-refractivity contribution in [3.63, 3.8) is 0 Å².